The highest BCUT2D eigenvalue weighted by Gasteiger charge is 2.08. The van der Waals surface area contributed by atoms with Gasteiger partial charge in [0.15, 0.2) is 5.96 Å². The molecule has 0 unspecified atom stereocenters. The average Bonchev–Trinajstić information content (AvgIpc) is 2.77. The van der Waals surface area contributed by atoms with Crippen LogP contribution >= 0.6 is 0 Å². The molecule has 156 valence electrons. The highest BCUT2D eigenvalue weighted by molar-refractivity contribution is 5.94. The van der Waals surface area contributed by atoms with Crippen molar-refractivity contribution in [3.05, 3.63) is 77.6 Å². The Labute approximate surface area is 178 Å². The predicted molar refractivity (Wildman–Crippen MR) is 123 cm³/mol. The van der Waals surface area contributed by atoms with Gasteiger partial charge >= 0.3 is 0 Å². The third-order valence-electron chi connectivity index (χ3n) is 4.77. The molecule has 0 radical (unpaired) electrons. The Morgan fingerprint density at radius 2 is 1.90 bits per heavy atom. The molecule has 6 nitrogen and oxygen atoms in total. The van der Waals surface area contributed by atoms with Crippen LogP contribution in [0.2, 0.25) is 0 Å². The zero-order valence-electron chi connectivity index (χ0n) is 17.9. The number of aromatic nitrogens is 1. The fourth-order valence-corrected chi connectivity index (χ4v) is 3.25. The third kappa shape index (κ3) is 5.56. The number of pyridine rings is 1. The molecular formula is C24H29N5O. The first-order valence-corrected chi connectivity index (χ1v) is 10.2. The van der Waals surface area contributed by atoms with E-state index >= 15 is 0 Å². The fraction of sp³-hybridized carbons (Fsp3) is 0.292. The second kappa shape index (κ2) is 10.4. The molecule has 30 heavy (non-hydrogen) atoms. The lowest BCUT2D eigenvalue weighted by atomic mass is 10.1. The first-order valence-electron chi connectivity index (χ1n) is 10.2. The highest BCUT2D eigenvalue weighted by Crippen LogP contribution is 2.16. The number of carbonyl (C=O) groups is 1. The topological polar surface area (TPSA) is 69.6 Å². The molecule has 2 N–H and O–H groups in total. The number of rotatable bonds is 7. The van der Waals surface area contributed by atoms with Gasteiger partial charge in [0.05, 0.1) is 12.2 Å². The van der Waals surface area contributed by atoms with E-state index in [4.69, 9.17) is 4.99 Å². The lowest BCUT2D eigenvalue weighted by Crippen LogP contribution is -2.38. The second-order valence-electron chi connectivity index (χ2n) is 7.25. The van der Waals surface area contributed by atoms with Crippen molar-refractivity contribution in [2.24, 2.45) is 4.99 Å². The minimum atomic E-state index is 0.0160. The van der Waals surface area contributed by atoms with Crippen molar-refractivity contribution in [2.75, 3.05) is 27.2 Å². The maximum absolute atomic E-state index is 12.2. The average molecular weight is 404 g/mol. The molecule has 0 fully saturated rings. The van der Waals surface area contributed by atoms with Crippen molar-refractivity contribution in [1.29, 1.82) is 0 Å². The van der Waals surface area contributed by atoms with Crippen LogP contribution in [-0.4, -0.2) is 48.9 Å². The summed E-state index contributed by atoms with van der Waals surface area (Å²) in [5.41, 5.74) is 2.78. The SMILES string of the molecule is CCNC(=NCc1nccc2ccccc12)NCCc1cccc(C(=O)N(C)C)c1. The molecule has 0 saturated carbocycles. The summed E-state index contributed by atoms with van der Waals surface area (Å²) in [6.45, 7) is 4.04. The van der Waals surface area contributed by atoms with E-state index in [-0.39, 0.29) is 5.91 Å². The van der Waals surface area contributed by atoms with Gasteiger partial charge in [-0.15, -0.1) is 0 Å². The molecule has 0 saturated heterocycles. The van der Waals surface area contributed by atoms with Crippen LogP contribution in [0.4, 0.5) is 0 Å². The molecule has 1 amide bonds. The van der Waals surface area contributed by atoms with E-state index in [1.807, 2.05) is 55.6 Å². The van der Waals surface area contributed by atoms with Crippen LogP contribution in [0.15, 0.2) is 65.8 Å². The molecule has 3 aromatic rings. The van der Waals surface area contributed by atoms with Crippen molar-refractivity contribution in [2.45, 2.75) is 19.9 Å². The quantitative estimate of drug-likeness (QED) is 0.469. The van der Waals surface area contributed by atoms with Gasteiger partial charge in [-0.05, 0) is 42.5 Å². The molecule has 0 bridgehead atoms. The number of amides is 1. The molecule has 1 aromatic heterocycles. The van der Waals surface area contributed by atoms with Crippen LogP contribution in [-0.2, 0) is 13.0 Å². The Morgan fingerprint density at radius 3 is 2.70 bits per heavy atom. The smallest absolute Gasteiger partial charge is 0.253 e. The number of nitrogens with zero attached hydrogens (tertiary/aromatic N) is 3. The van der Waals surface area contributed by atoms with E-state index in [1.165, 1.54) is 5.39 Å². The summed E-state index contributed by atoms with van der Waals surface area (Å²) in [7, 11) is 3.53. The molecule has 1 heterocycles. The molecule has 0 aliphatic heterocycles. The summed E-state index contributed by atoms with van der Waals surface area (Å²) in [6.07, 6.45) is 2.63. The van der Waals surface area contributed by atoms with Crippen LogP contribution < -0.4 is 10.6 Å². The van der Waals surface area contributed by atoms with Gasteiger partial charge in [0.1, 0.15) is 0 Å². The lowest BCUT2D eigenvalue weighted by Gasteiger charge is -2.13. The Morgan fingerprint density at radius 1 is 1.07 bits per heavy atom. The molecule has 0 atom stereocenters. The van der Waals surface area contributed by atoms with E-state index in [0.29, 0.717) is 18.7 Å². The number of nitrogens with one attached hydrogen (secondary N) is 2. The Bertz CT molecular complexity index is 1020. The van der Waals surface area contributed by atoms with Crippen molar-refractivity contribution in [1.82, 2.24) is 20.5 Å². The van der Waals surface area contributed by atoms with Crippen molar-refractivity contribution in [3.63, 3.8) is 0 Å². The van der Waals surface area contributed by atoms with Gasteiger partial charge in [-0.1, -0.05) is 36.4 Å². The molecule has 0 spiro atoms. The molecule has 0 aliphatic carbocycles. The second-order valence-corrected chi connectivity index (χ2v) is 7.25. The van der Waals surface area contributed by atoms with Gasteiger partial charge in [-0.2, -0.15) is 0 Å². The maximum Gasteiger partial charge on any atom is 0.253 e. The minimum Gasteiger partial charge on any atom is -0.357 e. The van der Waals surface area contributed by atoms with Crippen LogP contribution in [0.3, 0.4) is 0 Å². The van der Waals surface area contributed by atoms with Gasteiger partial charge in [0.25, 0.3) is 5.91 Å². The van der Waals surface area contributed by atoms with Crippen molar-refractivity contribution >= 4 is 22.6 Å². The fourth-order valence-electron chi connectivity index (χ4n) is 3.25. The largest absolute Gasteiger partial charge is 0.357 e. The van der Waals surface area contributed by atoms with Crippen molar-refractivity contribution < 1.29 is 4.79 Å². The zero-order valence-corrected chi connectivity index (χ0v) is 17.9. The summed E-state index contributed by atoms with van der Waals surface area (Å²) in [5.74, 6) is 0.773. The van der Waals surface area contributed by atoms with Gasteiger partial charge in [0.2, 0.25) is 0 Å². The molecular weight excluding hydrogens is 374 g/mol. The Kier molecular flexibility index (Phi) is 7.38. The van der Waals surface area contributed by atoms with Crippen molar-refractivity contribution in [3.8, 4) is 0 Å². The number of hydrogen-bond donors (Lipinski definition) is 2. The summed E-state index contributed by atoms with van der Waals surface area (Å²) in [6, 6.07) is 18.0. The Hall–Kier alpha value is -3.41. The maximum atomic E-state index is 12.2. The number of aliphatic imine (C=N–C) groups is 1. The van der Waals surface area contributed by atoms with E-state index in [0.717, 1.165) is 35.6 Å². The lowest BCUT2D eigenvalue weighted by molar-refractivity contribution is 0.0827. The summed E-state index contributed by atoms with van der Waals surface area (Å²) >= 11 is 0. The van der Waals surface area contributed by atoms with Crippen LogP contribution in [0.5, 0.6) is 0 Å². The van der Waals surface area contributed by atoms with Gasteiger partial charge < -0.3 is 15.5 Å². The standard InChI is InChI=1S/C24H29N5O/c1-4-25-24(28-17-22-21-11-6-5-9-19(21)13-15-26-22)27-14-12-18-8-7-10-20(16-18)23(30)29(2)3/h5-11,13,15-16H,4,12,14,17H2,1-3H3,(H2,25,27,28). The monoisotopic (exact) mass is 403 g/mol. The number of carbonyl (C=O) groups excluding carboxylic acids is 1. The van der Waals surface area contributed by atoms with E-state index < -0.39 is 0 Å². The minimum absolute atomic E-state index is 0.0160. The van der Waals surface area contributed by atoms with E-state index in [9.17, 15) is 4.79 Å². The van der Waals surface area contributed by atoms with E-state index in [2.05, 4.69) is 27.8 Å². The van der Waals surface area contributed by atoms with Gasteiger partial charge in [0, 0.05) is 44.3 Å². The number of fused-ring (bicyclic) bond motifs is 1. The Balaban J connectivity index is 1.63. The highest BCUT2D eigenvalue weighted by atomic mass is 16.2. The first-order chi connectivity index (χ1) is 14.6. The van der Waals surface area contributed by atoms with Crippen LogP contribution in [0.1, 0.15) is 28.5 Å². The van der Waals surface area contributed by atoms with Crippen LogP contribution in [0, 0.1) is 0 Å². The molecule has 3 rings (SSSR count). The summed E-state index contributed by atoms with van der Waals surface area (Å²) in [5, 5.41) is 8.95. The number of benzene rings is 2. The summed E-state index contributed by atoms with van der Waals surface area (Å²) < 4.78 is 0. The van der Waals surface area contributed by atoms with Crippen LogP contribution in [0.25, 0.3) is 10.8 Å². The van der Waals surface area contributed by atoms with Gasteiger partial charge in [-0.25, -0.2) is 4.99 Å². The molecule has 0 aliphatic rings. The zero-order chi connectivity index (χ0) is 21.3. The van der Waals surface area contributed by atoms with E-state index in [1.54, 1.807) is 19.0 Å². The number of hydrogen-bond acceptors (Lipinski definition) is 3. The normalized spacial score (nSPS) is 11.4. The number of guanidine groups is 1. The first kappa shape index (κ1) is 21.3. The van der Waals surface area contributed by atoms with Gasteiger partial charge in [-0.3, -0.25) is 9.78 Å². The predicted octanol–water partition coefficient (Wildman–Crippen LogP) is 3.23. The molecule has 6 heteroatoms. The summed E-state index contributed by atoms with van der Waals surface area (Å²) in [4.78, 5) is 23.0. The third-order valence-corrected chi connectivity index (χ3v) is 4.77. The molecule has 2 aromatic carbocycles.